The number of benzene rings is 3. The summed E-state index contributed by atoms with van der Waals surface area (Å²) in [5.41, 5.74) is 3.18. The van der Waals surface area contributed by atoms with Gasteiger partial charge in [-0.1, -0.05) is 23.7 Å². The predicted octanol–water partition coefficient (Wildman–Crippen LogP) is 6.46. The van der Waals surface area contributed by atoms with Gasteiger partial charge in [-0.05, 0) is 66.4 Å². The van der Waals surface area contributed by atoms with E-state index >= 15 is 0 Å². The number of aromatic nitrogens is 2. The first-order valence-electron chi connectivity index (χ1n) is 13.6. The van der Waals surface area contributed by atoms with Crippen molar-refractivity contribution in [3.63, 3.8) is 0 Å². The molecule has 3 heterocycles. The van der Waals surface area contributed by atoms with Gasteiger partial charge < -0.3 is 19.1 Å². The first kappa shape index (κ1) is 28.3. The molecule has 11 heteroatoms. The van der Waals surface area contributed by atoms with Gasteiger partial charge in [0.2, 0.25) is 5.82 Å². The van der Waals surface area contributed by atoms with Gasteiger partial charge >= 0.3 is 5.97 Å². The molecule has 6 rings (SSSR count). The molecule has 0 bridgehead atoms. The molecule has 1 fully saturated rings. The molecule has 0 radical (unpaired) electrons. The molecule has 1 saturated heterocycles. The molecule has 218 valence electrons. The van der Waals surface area contributed by atoms with Gasteiger partial charge in [-0.3, -0.25) is 4.90 Å². The Morgan fingerprint density at radius 2 is 1.95 bits per heavy atom. The lowest BCUT2D eigenvalue weighted by Gasteiger charge is -2.29. The molecule has 0 spiro atoms. The van der Waals surface area contributed by atoms with Gasteiger partial charge in [0.1, 0.15) is 18.2 Å². The normalized spacial score (nSPS) is 17.2. The van der Waals surface area contributed by atoms with Crippen molar-refractivity contribution < 1.29 is 32.5 Å². The zero-order valence-corrected chi connectivity index (χ0v) is 23.2. The van der Waals surface area contributed by atoms with E-state index in [0.29, 0.717) is 44.8 Å². The fourth-order valence-corrected chi connectivity index (χ4v) is 5.39. The van der Waals surface area contributed by atoms with E-state index in [1.807, 2.05) is 10.6 Å². The molecule has 0 amide bonds. The van der Waals surface area contributed by atoms with E-state index in [1.54, 1.807) is 18.2 Å². The first-order valence-corrected chi connectivity index (χ1v) is 13.9. The molecule has 42 heavy (non-hydrogen) atoms. The lowest BCUT2D eigenvalue weighted by atomic mass is 9.99. The highest BCUT2D eigenvalue weighted by atomic mass is 35.5. The Balaban J connectivity index is 1.19. The van der Waals surface area contributed by atoms with Crippen LogP contribution < -0.4 is 4.74 Å². The number of carboxylic acid groups (broad SMARTS) is 1. The minimum Gasteiger partial charge on any atom is -0.486 e. The third-order valence-electron chi connectivity index (χ3n) is 7.68. The maximum Gasteiger partial charge on any atom is 0.335 e. The van der Waals surface area contributed by atoms with Crippen LogP contribution in [0.2, 0.25) is 5.02 Å². The zero-order chi connectivity index (χ0) is 29.4. The van der Waals surface area contributed by atoms with Gasteiger partial charge in [0, 0.05) is 30.3 Å². The van der Waals surface area contributed by atoms with E-state index in [0.717, 1.165) is 41.0 Å². The number of hydrogen-bond acceptors (Lipinski definition) is 5. The summed E-state index contributed by atoms with van der Waals surface area (Å²) < 4.78 is 56.4. The SMILES string of the molecule is O=C(O)c1ccc2nc(CN3CC=C(c4cc(F)c(F)c(OCc5ccc(Cl)cc5F)c4)CC3)n(C[C@@H]3CCO3)c2c1. The number of halogens is 4. The number of nitrogens with zero attached hydrogens (tertiary/aromatic N) is 3. The Bertz CT molecular complexity index is 1700. The molecular formula is C31H27ClF3N3O4. The van der Waals surface area contributed by atoms with Crippen LogP contribution in [0, 0.1) is 17.5 Å². The van der Waals surface area contributed by atoms with Crippen LogP contribution in [0.4, 0.5) is 13.2 Å². The fourth-order valence-electron chi connectivity index (χ4n) is 5.23. The van der Waals surface area contributed by atoms with Gasteiger partial charge in [-0.2, -0.15) is 4.39 Å². The zero-order valence-electron chi connectivity index (χ0n) is 22.5. The fraction of sp³-hybridized carbons (Fsp3) is 0.290. The minimum absolute atomic E-state index is 0.0588. The second-order valence-corrected chi connectivity index (χ2v) is 10.9. The Hall–Kier alpha value is -3.86. The average molecular weight is 598 g/mol. The van der Waals surface area contributed by atoms with E-state index in [2.05, 4.69) is 4.90 Å². The summed E-state index contributed by atoms with van der Waals surface area (Å²) in [6.45, 7) is 2.72. The Morgan fingerprint density at radius 3 is 2.64 bits per heavy atom. The number of carboxylic acids is 1. The van der Waals surface area contributed by atoms with E-state index in [-0.39, 0.29) is 34.6 Å². The van der Waals surface area contributed by atoms with Gasteiger partial charge in [-0.25, -0.2) is 18.6 Å². The molecule has 1 N–H and O–H groups in total. The Morgan fingerprint density at radius 1 is 1.12 bits per heavy atom. The largest absolute Gasteiger partial charge is 0.486 e. The van der Waals surface area contributed by atoms with E-state index < -0.39 is 23.4 Å². The van der Waals surface area contributed by atoms with Crippen molar-refractivity contribution in [2.75, 3.05) is 19.7 Å². The number of rotatable bonds is 9. The summed E-state index contributed by atoms with van der Waals surface area (Å²) in [5.74, 6) is -3.26. The van der Waals surface area contributed by atoms with Gasteiger partial charge in [-0.15, -0.1) is 0 Å². The standard InChI is InChI=1S/C31H27ClF3N3O4/c32-22-3-1-20(24(33)14-22)17-42-28-13-21(11-25(34)30(28)35)18-5-8-37(9-6-18)16-29-36-26-4-2-19(31(39)40)12-27(26)38(29)15-23-7-10-41-23/h1-5,11-14,23H,6-10,15-17H2,(H,39,40)/t23-/m0/s1. The maximum absolute atomic E-state index is 14.5. The van der Waals surface area contributed by atoms with Crippen molar-refractivity contribution in [3.05, 3.63) is 99.6 Å². The van der Waals surface area contributed by atoms with Crippen molar-refractivity contribution in [2.45, 2.75) is 38.6 Å². The van der Waals surface area contributed by atoms with Crippen LogP contribution in [0.3, 0.4) is 0 Å². The molecule has 4 aromatic rings. The van der Waals surface area contributed by atoms with Crippen LogP contribution >= 0.6 is 11.6 Å². The van der Waals surface area contributed by atoms with Crippen LogP contribution in [0.5, 0.6) is 5.75 Å². The predicted molar refractivity (Wildman–Crippen MR) is 151 cm³/mol. The Labute approximate surface area is 244 Å². The molecule has 1 atom stereocenters. The third kappa shape index (κ3) is 5.88. The van der Waals surface area contributed by atoms with Crippen LogP contribution in [0.25, 0.3) is 16.6 Å². The highest BCUT2D eigenvalue weighted by Crippen LogP contribution is 2.31. The van der Waals surface area contributed by atoms with E-state index in [1.165, 1.54) is 18.2 Å². The van der Waals surface area contributed by atoms with Crippen molar-refractivity contribution in [3.8, 4) is 5.75 Å². The van der Waals surface area contributed by atoms with Gasteiger partial charge in [0.15, 0.2) is 11.6 Å². The summed E-state index contributed by atoms with van der Waals surface area (Å²) in [5, 5.41) is 9.70. The van der Waals surface area contributed by atoms with E-state index in [9.17, 15) is 23.1 Å². The van der Waals surface area contributed by atoms with Crippen molar-refractivity contribution in [1.29, 1.82) is 0 Å². The lowest BCUT2D eigenvalue weighted by Crippen LogP contribution is -2.33. The molecule has 7 nitrogen and oxygen atoms in total. The molecule has 0 unspecified atom stereocenters. The smallest absolute Gasteiger partial charge is 0.335 e. The second kappa shape index (κ2) is 11.8. The second-order valence-electron chi connectivity index (χ2n) is 10.4. The molecule has 0 aliphatic carbocycles. The first-order chi connectivity index (χ1) is 20.2. The van der Waals surface area contributed by atoms with Gasteiger partial charge in [0.25, 0.3) is 0 Å². The third-order valence-corrected chi connectivity index (χ3v) is 7.91. The monoisotopic (exact) mass is 597 g/mol. The van der Waals surface area contributed by atoms with E-state index in [4.69, 9.17) is 26.1 Å². The summed E-state index contributed by atoms with van der Waals surface area (Å²) in [6, 6.07) is 11.6. The number of carbonyl (C=O) groups is 1. The summed E-state index contributed by atoms with van der Waals surface area (Å²) in [4.78, 5) is 18.5. The highest BCUT2D eigenvalue weighted by Gasteiger charge is 2.24. The molecule has 3 aromatic carbocycles. The number of hydrogen-bond donors (Lipinski definition) is 1. The molecule has 0 saturated carbocycles. The quantitative estimate of drug-likeness (QED) is 0.239. The summed E-state index contributed by atoms with van der Waals surface area (Å²) in [7, 11) is 0. The van der Waals surface area contributed by atoms with Gasteiger partial charge in [0.05, 0.1) is 35.8 Å². The number of ether oxygens (including phenoxy) is 2. The number of imidazole rings is 1. The maximum atomic E-state index is 14.5. The van der Waals surface area contributed by atoms with Crippen LogP contribution in [0.1, 0.15) is 40.2 Å². The number of aromatic carboxylic acids is 1. The van der Waals surface area contributed by atoms with Crippen LogP contribution in [0.15, 0.2) is 54.6 Å². The highest BCUT2D eigenvalue weighted by molar-refractivity contribution is 6.30. The van der Waals surface area contributed by atoms with Crippen molar-refractivity contribution in [2.24, 2.45) is 0 Å². The van der Waals surface area contributed by atoms with Crippen molar-refractivity contribution in [1.82, 2.24) is 14.5 Å². The molecule has 2 aliphatic heterocycles. The topological polar surface area (TPSA) is 76.8 Å². The summed E-state index contributed by atoms with van der Waals surface area (Å²) in [6.07, 6.45) is 3.53. The van der Waals surface area contributed by atoms with Crippen molar-refractivity contribution >= 4 is 34.2 Å². The minimum atomic E-state index is -1.13. The Kier molecular flexibility index (Phi) is 7.94. The molecule has 1 aromatic heterocycles. The molecular weight excluding hydrogens is 571 g/mol. The molecule has 2 aliphatic rings. The number of fused-ring (bicyclic) bond motifs is 1. The van der Waals surface area contributed by atoms with Crippen LogP contribution in [-0.2, 0) is 24.4 Å². The summed E-state index contributed by atoms with van der Waals surface area (Å²) >= 11 is 5.78. The average Bonchev–Trinajstić information content (AvgIpc) is 3.28. The lowest BCUT2D eigenvalue weighted by molar-refractivity contribution is -0.0591. The van der Waals surface area contributed by atoms with Crippen LogP contribution in [-0.4, -0.2) is 51.3 Å².